The monoisotopic (exact) mass is 377 g/mol. The lowest BCUT2D eigenvalue weighted by molar-refractivity contribution is -0.321. The van der Waals surface area contributed by atoms with E-state index in [1.165, 1.54) is 0 Å². The Labute approximate surface area is 148 Å². The number of hydrogen-bond acceptors (Lipinski definition) is 5. The lowest BCUT2D eigenvalue weighted by Gasteiger charge is -2.52. The standard InChI is InChI=1S/C16H22F3N3O4/c17-16(18,19)26-7-11(23)10(5-8-2-4-21-14(8)25)15-3-1-9(15)6-22-12(15)13(20)24/h8-10,12,22H,1-7H2,(H2,20,24)(H,21,25)/t8-,9?,10-,12?,15?/m1/s1. The van der Waals surface area contributed by atoms with Crippen LogP contribution in [0.4, 0.5) is 13.2 Å². The zero-order valence-corrected chi connectivity index (χ0v) is 14.1. The Morgan fingerprint density at radius 2 is 2.08 bits per heavy atom. The Bertz CT molecular complexity index is 612. The summed E-state index contributed by atoms with van der Waals surface area (Å²) in [5.74, 6) is -2.94. The minimum absolute atomic E-state index is 0.0238. The molecule has 26 heavy (non-hydrogen) atoms. The van der Waals surface area contributed by atoms with Crippen LogP contribution in [0.1, 0.15) is 25.7 Å². The molecule has 2 aliphatic heterocycles. The number of nitrogens with two attached hydrogens (primary N) is 1. The number of amides is 2. The quantitative estimate of drug-likeness (QED) is 0.582. The Balaban J connectivity index is 1.85. The number of primary amides is 1. The van der Waals surface area contributed by atoms with Crippen molar-refractivity contribution in [1.82, 2.24) is 10.6 Å². The number of carbonyl (C=O) groups excluding carboxylic acids is 3. The summed E-state index contributed by atoms with van der Waals surface area (Å²) in [5, 5.41) is 5.68. The molecule has 1 saturated carbocycles. The van der Waals surface area contributed by atoms with Crippen molar-refractivity contribution >= 4 is 17.6 Å². The van der Waals surface area contributed by atoms with Crippen molar-refractivity contribution in [3.63, 3.8) is 0 Å². The molecule has 0 aromatic heterocycles. The number of nitrogens with one attached hydrogen (secondary N) is 2. The lowest BCUT2D eigenvalue weighted by Crippen LogP contribution is -2.58. The van der Waals surface area contributed by atoms with Crippen LogP contribution in [-0.2, 0) is 19.1 Å². The number of hydrogen-bond donors (Lipinski definition) is 3. The first-order valence-electron chi connectivity index (χ1n) is 8.69. The molecular weight excluding hydrogens is 355 g/mol. The summed E-state index contributed by atoms with van der Waals surface area (Å²) in [6, 6.07) is -0.787. The van der Waals surface area contributed by atoms with Crippen molar-refractivity contribution in [3.8, 4) is 0 Å². The van der Waals surface area contributed by atoms with Crippen molar-refractivity contribution in [3.05, 3.63) is 0 Å². The van der Waals surface area contributed by atoms with Gasteiger partial charge in [-0.05, 0) is 38.1 Å². The number of ether oxygens (including phenoxy) is 1. The Morgan fingerprint density at radius 3 is 2.58 bits per heavy atom. The molecule has 3 rings (SSSR count). The van der Waals surface area contributed by atoms with Crippen molar-refractivity contribution in [2.75, 3.05) is 19.7 Å². The molecule has 7 nitrogen and oxygen atoms in total. The highest BCUT2D eigenvalue weighted by atomic mass is 19.4. The largest absolute Gasteiger partial charge is 0.522 e. The van der Waals surface area contributed by atoms with Crippen molar-refractivity contribution in [2.24, 2.45) is 28.9 Å². The molecule has 3 fully saturated rings. The average Bonchev–Trinajstić information content (AvgIpc) is 3.03. The molecule has 0 aromatic carbocycles. The number of fused-ring (bicyclic) bond motifs is 1. The van der Waals surface area contributed by atoms with Crippen LogP contribution in [0.15, 0.2) is 0 Å². The molecular formula is C16H22F3N3O4. The van der Waals surface area contributed by atoms with Gasteiger partial charge in [0.2, 0.25) is 11.8 Å². The van der Waals surface area contributed by atoms with E-state index in [1.807, 2.05) is 0 Å². The maximum Gasteiger partial charge on any atom is 0.522 e. The third kappa shape index (κ3) is 3.32. The maximum absolute atomic E-state index is 12.7. The second kappa shape index (κ2) is 6.80. The van der Waals surface area contributed by atoms with Crippen LogP contribution in [0.25, 0.3) is 0 Å². The van der Waals surface area contributed by atoms with Gasteiger partial charge in [-0.25, -0.2) is 0 Å². The molecule has 0 bridgehead atoms. The van der Waals surface area contributed by atoms with Gasteiger partial charge in [0.15, 0.2) is 5.78 Å². The van der Waals surface area contributed by atoms with Gasteiger partial charge in [-0.2, -0.15) is 0 Å². The van der Waals surface area contributed by atoms with Gasteiger partial charge in [0.25, 0.3) is 0 Å². The van der Waals surface area contributed by atoms with E-state index in [1.54, 1.807) is 0 Å². The van der Waals surface area contributed by atoms with E-state index in [9.17, 15) is 27.6 Å². The maximum atomic E-state index is 12.7. The summed E-state index contributed by atoms with van der Waals surface area (Å²) in [7, 11) is 0. The summed E-state index contributed by atoms with van der Waals surface area (Å²) < 4.78 is 40.9. The summed E-state index contributed by atoms with van der Waals surface area (Å²) in [4.78, 5) is 36.5. The SMILES string of the molecule is NC(=O)C1NCC2CCC21[C@H](C[C@H]1CCNC1=O)C(=O)COC(F)(F)F. The van der Waals surface area contributed by atoms with Gasteiger partial charge in [-0.15, -0.1) is 13.2 Å². The first-order chi connectivity index (χ1) is 12.1. The second-order valence-electron chi connectivity index (χ2n) is 7.36. The number of alkyl halides is 3. The van der Waals surface area contributed by atoms with Gasteiger partial charge in [-0.1, -0.05) is 0 Å². The first kappa shape index (κ1) is 19.1. The Morgan fingerprint density at radius 1 is 1.35 bits per heavy atom. The molecule has 10 heteroatoms. The number of Topliss-reactive ketones (excluding diaryl/α,β-unsaturated/α-hetero) is 1. The molecule has 0 spiro atoms. The van der Waals surface area contributed by atoms with Crippen LogP contribution in [-0.4, -0.2) is 49.7 Å². The third-order valence-corrected chi connectivity index (χ3v) is 6.17. The van der Waals surface area contributed by atoms with Crippen molar-refractivity contribution in [1.29, 1.82) is 0 Å². The number of halogens is 3. The Kier molecular flexibility index (Phi) is 5.00. The lowest BCUT2D eigenvalue weighted by atomic mass is 9.50. The summed E-state index contributed by atoms with van der Waals surface area (Å²) in [6.07, 6.45) is -3.03. The highest BCUT2D eigenvalue weighted by Gasteiger charge is 2.63. The van der Waals surface area contributed by atoms with E-state index in [0.717, 1.165) is 6.42 Å². The minimum atomic E-state index is -4.92. The molecule has 3 aliphatic rings. The zero-order valence-electron chi connectivity index (χ0n) is 14.1. The molecule has 2 amide bonds. The smallest absolute Gasteiger partial charge is 0.368 e. The predicted octanol–water partition coefficient (Wildman–Crippen LogP) is 0.0878. The van der Waals surface area contributed by atoms with E-state index >= 15 is 0 Å². The van der Waals surface area contributed by atoms with E-state index in [-0.39, 0.29) is 18.2 Å². The van der Waals surface area contributed by atoms with E-state index in [2.05, 4.69) is 15.4 Å². The normalized spacial score (nSPS) is 34.7. The molecule has 1 aliphatic carbocycles. The van der Waals surface area contributed by atoms with Gasteiger partial charge in [0.05, 0.1) is 6.04 Å². The fraction of sp³-hybridized carbons (Fsp3) is 0.812. The Hall–Kier alpha value is -1.68. The van der Waals surface area contributed by atoms with Crippen molar-refractivity contribution in [2.45, 2.75) is 38.1 Å². The first-order valence-corrected chi connectivity index (χ1v) is 8.69. The predicted molar refractivity (Wildman–Crippen MR) is 82.4 cm³/mol. The average molecular weight is 377 g/mol. The summed E-state index contributed by atoms with van der Waals surface area (Å²) in [6.45, 7) is -0.172. The highest BCUT2D eigenvalue weighted by Crippen LogP contribution is 2.59. The van der Waals surface area contributed by atoms with Crippen molar-refractivity contribution < 1.29 is 32.3 Å². The van der Waals surface area contributed by atoms with Crippen LogP contribution in [0, 0.1) is 23.2 Å². The number of ketones is 1. The van der Waals surface area contributed by atoms with E-state index < -0.39 is 48.0 Å². The van der Waals surface area contributed by atoms with Crippen LogP contribution in [0.3, 0.4) is 0 Å². The number of rotatable bonds is 7. The van der Waals surface area contributed by atoms with E-state index in [0.29, 0.717) is 25.9 Å². The molecule has 5 atom stereocenters. The van der Waals surface area contributed by atoms with Gasteiger partial charge < -0.3 is 16.4 Å². The fourth-order valence-electron chi connectivity index (χ4n) is 4.89. The third-order valence-electron chi connectivity index (χ3n) is 6.17. The van der Waals surface area contributed by atoms with Gasteiger partial charge in [-0.3, -0.25) is 19.1 Å². The topological polar surface area (TPSA) is 111 Å². The summed E-state index contributed by atoms with van der Waals surface area (Å²) >= 11 is 0. The van der Waals surface area contributed by atoms with Crippen LogP contribution >= 0.6 is 0 Å². The minimum Gasteiger partial charge on any atom is -0.368 e. The second-order valence-corrected chi connectivity index (χ2v) is 7.36. The fourth-order valence-corrected chi connectivity index (χ4v) is 4.89. The van der Waals surface area contributed by atoms with Crippen LogP contribution in [0.2, 0.25) is 0 Å². The zero-order chi connectivity index (χ0) is 19.1. The molecule has 4 N–H and O–H groups in total. The van der Waals surface area contributed by atoms with Gasteiger partial charge >= 0.3 is 6.36 Å². The molecule has 2 heterocycles. The highest BCUT2D eigenvalue weighted by molar-refractivity contribution is 5.88. The molecule has 3 unspecified atom stereocenters. The molecule has 0 aromatic rings. The van der Waals surface area contributed by atoms with Crippen LogP contribution in [0.5, 0.6) is 0 Å². The van der Waals surface area contributed by atoms with Crippen LogP contribution < -0.4 is 16.4 Å². The summed E-state index contributed by atoms with van der Waals surface area (Å²) in [5.41, 5.74) is 4.65. The molecule has 146 valence electrons. The van der Waals surface area contributed by atoms with Gasteiger partial charge in [0, 0.05) is 23.8 Å². The van der Waals surface area contributed by atoms with E-state index in [4.69, 9.17) is 5.73 Å². The molecule has 0 radical (unpaired) electrons. The molecule has 2 saturated heterocycles. The number of carbonyl (C=O) groups is 3. The van der Waals surface area contributed by atoms with Gasteiger partial charge in [0.1, 0.15) is 6.61 Å².